The van der Waals surface area contributed by atoms with Gasteiger partial charge in [-0.2, -0.15) is 0 Å². The van der Waals surface area contributed by atoms with Gasteiger partial charge in [0.2, 0.25) is 0 Å². The summed E-state index contributed by atoms with van der Waals surface area (Å²) in [6.45, 7) is 0. The summed E-state index contributed by atoms with van der Waals surface area (Å²) in [5, 5.41) is 33.2. The third-order valence-corrected chi connectivity index (χ3v) is 11.4. The Labute approximate surface area is 207 Å². The lowest BCUT2D eigenvalue weighted by atomic mass is 9.66. The second kappa shape index (κ2) is 10.7. The Hall–Kier alpha value is -0.200. The Bertz CT molecular complexity index is 634. The van der Waals surface area contributed by atoms with Crippen molar-refractivity contribution in [3.05, 3.63) is 0 Å². The van der Waals surface area contributed by atoms with Gasteiger partial charge in [-0.05, 0) is 93.3 Å². The lowest BCUT2D eigenvalue weighted by molar-refractivity contribution is -0.0418. The van der Waals surface area contributed by atoms with Crippen LogP contribution in [0, 0.1) is 41.4 Å². The Morgan fingerprint density at radius 3 is 1.41 bits per heavy atom. The van der Waals surface area contributed by atoms with Crippen molar-refractivity contribution >= 4 is 0 Å². The van der Waals surface area contributed by atoms with Crippen LogP contribution in [0.15, 0.2) is 0 Å². The molecule has 0 spiro atoms. The maximum atomic E-state index is 10.9. The molecule has 0 bridgehead atoms. The minimum absolute atomic E-state index is 0.159. The topological polar surface area (TPSA) is 76.5 Å². The maximum absolute atomic E-state index is 10.9. The molecule has 0 aromatic heterocycles. The normalized spacial score (nSPS) is 52.4. The van der Waals surface area contributed by atoms with E-state index in [-0.39, 0.29) is 18.2 Å². The van der Waals surface area contributed by atoms with Crippen LogP contribution in [-0.4, -0.2) is 40.9 Å². The summed E-state index contributed by atoms with van der Waals surface area (Å²) in [6, 6.07) is 0. The van der Waals surface area contributed by atoms with Crippen LogP contribution in [-0.2, 0) is 0 Å². The quantitative estimate of drug-likeness (QED) is 0.418. The third kappa shape index (κ3) is 5.11. The molecule has 5 saturated carbocycles. The molecule has 6 rings (SSSR count). The summed E-state index contributed by atoms with van der Waals surface area (Å²) >= 11 is 0. The molecule has 6 aliphatic rings. The van der Waals surface area contributed by atoms with E-state index in [2.05, 4.69) is 16.0 Å². The third-order valence-electron chi connectivity index (χ3n) is 11.4. The van der Waals surface area contributed by atoms with Crippen molar-refractivity contribution in [3.8, 4) is 0 Å². The number of hydrogen-bond donors (Lipinski definition) is 5. The van der Waals surface area contributed by atoms with Crippen LogP contribution < -0.4 is 16.0 Å². The van der Waals surface area contributed by atoms with Crippen molar-refractivity contribution in [1.29, 1.82) is 0 Å². The van der Waals surface area contributed by atoms with E-state index < -0.39 is 6.10 Å². The standard InChI is InChI=1S/C29H51N3O2/c33-24-13-14-25(26(34)17-24)29-31-27(22-11-9-18-5-1-3-7-20(18)15-22)30-28(32-29)23-12-10-19-6-2-4-8-21(19)16-23/h18-34H,1-17H2. The molecule has 1 saturated heterocycles. The number of fused-ring (bicyclic) bond motifs is 2. The smallest absolute Gasteiger partial charge is 0.0649 e. The number of hydrogen-bond acceptors (Lipinski definition) is 5. The van der Waals surface area contributed by atoms with Gasteiger partial charge in [-0.1, -0.05) is 51.4 Å². The molecule has 0 amide bonds. The summed E-state index contributed by atoms with van der Waals surface area (Å²) in [7, 11) is 0. The number of rotatable bonds is 3. The molecular weight excluding hydrogens is 422 g/mol. The number of aliphatic hydroxyl groups is 2. The lowest BCUT2D eigenvalue weighted by Crippen LogP contribution is -2.73. The number of nitrogens with one attached hydrogen (secondary N) is 3. The van der Waals surface area contributed by atoms with E-state index in [4.69, 9.17) is 0 Å². The summed E-state index contributed by atoms with van der Waals surface area (Å²) in [6.07, 6.45) is 22.4. The lowest BCUT2D eigenvalue weighted by Gasteiger charge is -2.52. The first-order valence-electron chi connectivity index (χ1n) is 15.3. The van der Waals surface area contributed by atoms with Gasteiger partial charge in [0.1, 0.15) is 0 Å². The molecule has 1 heterocycles. The van der Waals surface area contributed by atoms with E-state index in [0.717, 1.165) is 36.5 Å². The zero-order chi connectivity index (χ0) is 23.1. The fourth-order valence-electron chi connectivity index (χ4n) is 9.48. The van der Waals surface area contributed by atoms with Crippen LogP contribution in [0.3, 0.4) is 0 Å². The average Bonchev–Trinajstić information content (AvgIpc) is 2.88. The molecule has 11 atom stereocenters. The summed E-state index contributed by atoms with van der Waals surface area (Å²) in [5.74, 6) is 5.48. The van der Waals surface area contributed by atoms with Crippen LogP contribution in [0.1, 0.15) is 109 Å². The highest BCUT2D eigenvalue weighted by atomic mass is 16.3. The Kier molecular flexibility index (Phi) is 7.57. The van der Waals surface area contributed by atoms with Crippen LogP contribution in [0.5, 0.6) is 0 Å². The summed E-state index contributed by atoms with van der Waals surface area (Å²) < 4.78 is 0. The van der Waals surface area contributed by atoms with Gasteiger partial charge in [0, 0.05) is 5.92 Å². The van der Waals surface area contributed by atoms with Gasteiger partial charge in [-0.3, -0.25) is 16.0 Å². The van der Waals surface area contributed by atoms with Crippen molar-refractivity contribution in [2.75, 3.05) is 0 Å². The van der Waals surface area contributed by atoms with E-state index >= 15 is 0 Å². The first kappa shape index (κ1) is 24.2. The Morgan fingerprint density at radius 1 is 0.412 bits per heavy atom. The van der Waals surface area contributed by atoms with Gasteiger partial charge in [0.25, 0.3) is 0 Å². The van der Waals surface area contributed by atoms with Crippen molar-refractivity contribution in [1.82, 2.24) is 16.0 Å². The van der Waals surface area contributed by atoms with Gasteiger partial charge in [0.15, 0.2) is 0 Å². The molecule has 5 aliphatic carbocycles. The number of aliphatic hydroxyl groups excluding tert-OH is 2. The second-order valence-corrected chi connectivity index (χ2v) is 13.4. The largest absolute Gasteiger partial charge is 0.393 e. The van der Waals surface area contributed by atoms with Crippen LogP contribution in [0.25, 0.3) is 0 Å². The van der Waals surface area contributed by atoms with Gasteiger partial charge in [-0.15, -0.1) is 0 Å². The van der Waals surface area contributed by atoms with E-state index in [9.17, 15) is 10.2 Å². The SMILES string of the molecule is OC1CCC(C2NC(C3CCC4CCCCC4C3)NC(C3CCC4CCCCC4C3)N2)C(O)C1. The van der Waals surface area contributed by atoms with Gasteiger partial charge in [-0.25, -0.2) is 0 Å². The molecule has 6 fully saturated rings. The summed E-state index contributed by atoms with van der Waals surface area (Å²) in [5.41, 5.74) is 0. The molecule has 5 N–H and O–H groups in total. The van der Waals surface area contributed by atoms with Crippen molar-refractivity contribution < 1.29 is 10.2 Å². The molecule has 0 aromatic rings. The zero-order valence-electron chi connectivity index (χ0n) is 21.3. The molecular formula is C29H51N3O2. The van der Waals surface area contributed by atoms with Gasteiger partial charge in [0.05, 0.1) is 30.7 Å². The molecule has 5 heteroatoms. The Balaban J connectivity index is 1.17. The van der Waals surface area contributed by atoms with Crippen molar-refractivity contribution in [2.24, 2.45) is 41.4 Å². The highest BCUT2D eigenvalue weighted by Gasteiger charge is 2.45. The van der Waals surface area contributed by atoms with E-state index in [1.165, 1.54) is 89.9 Å². The molecule has 0 aromatic carbocycles. The second-order valence-electron chi connectivity index (χ2n) is 13.4. The Morgan fingerprint density at radius 2 is 0.882 bits per heavy atom. The monoisotopic (exact) mass is 473 g/mol. The molecule has 5 nitrogen and oxygen atoms in total. The predicted octanol–water partition coefficient (Wildman–Crippen LogP) is 4.48. The predicted molar refractivity (Wildman–Crippen MR) is 136 cm³/mol. The maximum Gasteiger partial charge on any atom is 0.0649 e. The first-order chi connectivity index (χ1) is 16.6. The molecule has 34 heavy (non-hydrogen) atoms. The van der Waals surface area contributed by atoms with Crippen molar-refractivity contribution in [2.45, 2.75) is 140 Å². The molecule has 0 radical (unpaired) electrons. The minimum atomic E-state index is -0.406. The van der Waals surface area contributed by atoms with Crippen molar-refractivity contribution in [3.63, 3.8) is 0 Å². The molecule has 1 aliphatic heterocycles. The highest BCUT2D eigenvalue weighted by Crippen LogP contribution is 2.46. The molecule has 194 valence electrons. The molecule has 11 unspecified atom stereocenters. The van der Waals surface area contributed by atoms with E-state index in [1.54, 1.807) is 0 Å². The van der Waals surface area contributed by atoms with E-state index in [1.807, 2.05) is 0 Å². The highest BCUT2D eigenvalue weighted by molar-refractivity contribution is 4.99. The average molecular weight is 474 g/mol. The minimum Gasteiger partial charge on any atom is -0.393 e. The van der Waals surface area contributed by atoms with E-state index in [0.29, 0.717) is 30.6 Å². The van der Waals surface area contributed by atoms with Crippen LogP contribution in [0.4, 0.5) is 0 Å². The van der Waals surface area contributed by atoms with Crippen LogP contribution in [0.2, 0.25) is 0 Å². The fourth-order valence-corrected chi connectivity index (χ4v) is 9.48. The zero-order valence-corrected chi connectivity index (χ0v) is 21.3. The van der Waals surface area contributed by atoms with Gasteiger partial charge >= 0.3 is 0 Å². The van der Waals surface area contributed by atoms with Crippen LogP contribution >= 0.6 is 0 Å². The first-order valence-corrected chi connectivity index (χ1v) is 15.3. The summed E-state index contributed by atoms with van der Waals surface area (Å²) in [4.78, 5) is 0. The fraction of sp³-hybridized carbons (Fsp3) is 1.00. The van der Waals surface area contributed by atoms with Gasteiger partial charge < -0.3 is 10.2 Å².